The molecule has 0 saturated heterocycles. The van der Waals surface area contributed by atoms with E-state index in [0.717, 1.165) is 33.6 Å². The van der Waals surface area contributed by atoms with E-state index in [2.05, 4.69) is 39.8 Å². The Morgan fingerprint density at radius 3 is 0.818 bits per heavy atom. The summed E-state index contributed by atoms with van der Waals surface area (Å²) in [6.07, 6.45) is 0. The van der Waals surface area contributed by atoms with Crippen LogP contribution in [0.3, 0.4) is 0 Å². The molecule has 0 aliphatic carbocycles. The predicted octanol–water partition coefficient (Wildman–Crippen LogP) is 5.00. The van der Waals surface area contributed by atoms with Crippen LogP contribution in [0, 0.1) is 55.4 Å². The predicted molar refractivity (Wildman–Crippen MR) is 99.6 cm³/mol. The Morgan fingerprint density at radius 2 is 0.636 bits per heavy atom. The quantitative estimate of drug-likeness (QED) is 0.672. The molecule has 0 spiro atoms. The molecule has 0 bridgehead atoms. The van der Waals surface area contributed by atoms with Crippen molar-refractivity contribution in [3.63, 3.8) is 0 Å². The number of anilines is 2. The van der Waals surface area contributed by atoms with Crippen LogP contribution >= 0.6 is 0 Å². The van der Waals surface area contributed by atoms with Crippen molar-refractivity contribution in [3.8, 4) is 0 Å². The normalized spacial score (nSPS) is 10.2. The highest BCUT2D eigenvalue weighted by atomic mass is 14.6. The van der Waals surface area contributed by atoms with Gasteiger partial charge in [0.25, 0.3) is 0 Å². The van der Waals surface area contributed by atoms with E-state index in [9.17, 15) is 0 Å². The van der Waals surface area contributed by atoms with Gasteiger partial charge in [0.05, 0.1) is 0 Å². The molecule has 4 N–H and O–H groups in total. The Labute approximate surface area is 135 Å². The van der Waals surface area contributed by atoms with Crippen LogP contribution in [-0.2, 0) is 0 Å². The van der Waals surface area contributed by atoms with Crippen LogP contribution in [0.2, 0.25) is 0 Å². The third kappa shape index (κ3) is 3.62. The van der Waals surface area contributed by atoms with Crippen LogP contribution in [0.5, 0.6) is 0 Å². The van der Waals surface area contributed by atoms with E-state index < -0.39 is 0 Å². The highest BCUT2D eigenvalue weighted by molar-refractivity contribution is 5.69. The van der Waals surface area contributed by atoms with Crippen molar-refractivity contribution in [2.75, 3.05) is 11.5 Å². The Balaban J connectivity index is 0.000000224. The largest absolute Gasteiger partial charge is 0.398 e. The van der Waals surface area contributed by atoms with Crippen molar-refractivity contribution in [1.82, 2.24) is 0 Å². The van der Waals surface area contributed by atoms with Crippen LogP contribution in [0.4, 0.5) is 11.4 Å². The molecule has 2 aromatic rings. The van der Waals surface area contributed by atoms with Gasteiger partial charge in [0.15, 0.2) is 0 Å². The van der Waals surface area contributed by atoms with E-state index in [4.69, 9.17) is 11.5 Å². The maximum atomic E-state index is 5.90. The van der Waals surface area contributed by atoms with Gasteiger partial charge < -0.3 is 11.5 Å². The molecule has 120 valence electrons. The fourth-order valence-corrected chi connectivity index (χ4v) is 2.48. The summed E-state index contributed by atoms with van der Waals surface area (Å²) in [7, 11) is 0. The summed E-state index contributed by atoms with van der Waals surface area (Å²) in [4.78, 5) is 0. The van der Waals surface area contributed by atoms with E-state index >= 15 is 0 Å². The van der Waals surface area contributed by atoms with E-state index in [1.165, 1.54) is 22.3 Å². The second kappa shape index (κ2) is 6.87. The van der Waals surface area contributed by atoms with Gasteiger partial charge in [0, 0.05) is 11.4 Å². The molecule has 0 heterocycles. The van der Waals surface area contributed by atoms with Crippen LogP contribution in [0.1, 0.15) is 44.5 Å². The van der Waals surface area contributed by atoms with Crippen molar-refractivity contribution in [2.45, 2.75) is 55.4 Å². The topological polar surface area (TPSA) is 52.0 Å². The first kappa shape index (κ1) is 18.1. The van der Waals surface area contributed by atoms with Crippen molar-refractivity contribution in [3.05, 3.63) is 56.6 Å². The molecule has 2 aromatic carbocycles. The van der Waals surface area contributed by atoms with Gasteiger partial charge in [-0.1, -0.05) is 12.1 Å². The summed E-state index contributed by atoms with van der Waals surface area (Å²) in [6.45, 7) is 16.6. The molecule has 2 heteroatoms. The first-order valence-corrected chi connectivity index (χ1v) is 7.73. The third-order valence-corrected chi connectivity index (χ3v) is 4.85. The lowest BCUT2D eigenvalue weighted by Gasteiger charge is -2.14. The maximum absolute atomic E-state index is 5.90. The minimum atomic E-state index is 0.874. The van der Waals surface area contributed by atoms with Gasteiger partial charge in [-0.25, -0.2) is 0 Å². The summed E-state index contributed by atoms with van der Waals surface area (Å²) >= 11 is 0. The molecule has 0 aliphatic rings. The van der Waals surface area contributed by atoms with Crippen molar-refractivity contribution < 1.29 is 0 Å². The van der Waals surface area contributed by atoms with Gasteiger partial charge in [-0.3, -0.25) is 0 Å². The Morgan fingerprint density at radius 1 is 0.455 bits per heavy atom. The van der Waals surface area contributed by atoms with Gasteiger partial charge >= 0.3 is 0 Å². The van der Waals surface area contributed by atoms with Gasteiger partial charge in [-0.2, -0.15) is 0 Å². The SMILES string of the molecule is Cc1c(C)c(N)c(C)c(C)c1N.Cc1cc(C)c(C)cc1C. The lowest BCUT2D eigenvalue weighted by molar-refractivity contribution is 1.24. The molecule has 2 nitrogen and oxygen atoms in total. The number of benzene rings is 2. The number of hydrogen-bond donors (Lipinski definition) is 2. The molecule has 22 heavy (non-hydrogen) atoms. The fraction of sp³-hybridized carbons (Fsp3) is 0.400. The smallest absolute Gasteiger partial charge is 0.0380 e. The van der Waals surface area contributed by atoms with Crippen LogP contribution in [-0.4, -0.2) is 0 Å². The monoisotopic (exact) mass is 298 g/mol. The van der Waals surface area contributed by atoms with Crippen molar-refractivity contribution >= 4 is 11.4 Å². The van der Waals surface area contributed by atoms with E-state index in [0.29, 0.717) is 0 Å². The molecular weight excluding hydrogens is 268 g/mol. The lowest BCUT2D eigenvalue weighted by Crippen LogP contribution is -2.04. The molecule has 0 aliphatic heterocycles. The number of hydrogen-bond acceptors (Lipinski definition) is 2. The van der Waals surface area contributed by atoms with E-state index in [-0.39, 0.29) is 0 Å². The van der Waals surface area contributed by atoms with E-state index in [1.54, 1.807) is 0 Å². The maximum Gasteiger partial charge on any atom is 0.0380 e. The zero-order chi connectivity index (χ0) is 17.2. The summed E-state index contributed by atoms with van der Waals surface area (Å²) in [5.74, 6) is 0. The Hall–Kier alpha value is -1.96. The van der Waals surface area contributed by atoms with E-state index in [1.807, 2.05) is 27.7 Å². The molecule has 0 aromatic heterocycles. The summed E-state index contributed by atoms with van der Waals surface area (Å²) < 4.78 is 0. The van der Waals surface area contributed by atoms with Crippen molar-refractivity contribution in [2.24, 2.45) is 0 Å². The molecule has 0 unspecified atom stereocenters. The third-order valence-electron chi connectivity index (χ3n) is 4.85. The average molecular weight is 298 g/mol. The van der Waals surface area contributed by atoms with Crippen LogP contribution in [0.25, 0.3) is 0 Å². The molecule has 0 saturated carbocycles. The first-order valence-electron chi connectivity index (χ1n) is 7.73. The fourth-order valence-electron chi connectivity index (χ4n) is 2.48. The van der Waals surface area contributed by atoms with Crippen molar-refractivity contribution in [1.29, 1.82) is 0 Å². The minimum absolute atomic E-state index is 0.874. The Kier molecular flexibility index (Phi) is 5.65. The second-order valence-corrected chi connectivity index (χ2v) is 6.35. The molecule has 0 fully saturated rings. The average Bonchev–Trinajstić information content (AvgIpc) is 2.48. The number of nitrogens with two attached hydrogens (primary N) is 2. The van der Waals surface area contributed by atoms with Gasteiger partial charge in [0.2, 0.25) is 0 Å². The summed E-state index contributed by atoms with van der Waals surface area (Å²) in [5, 5.41) is 0. The summed E-state index contributed by atoms with van der Waals surface area (Å²) in [5.41, 5.74) is 23.5. The highest BCUT2D eigenvalue weighted by Gasteiger charge is 2.09. The van der Waals surface area contributed by atoms with Crippen LogP contribution < -0.4 is 11.5 Å². The zero-order valence-corrected chi connectivity index (χ0v) is 15.3. The molecule has 2 rings (SSSR count). The second-order valence-electron chi connectivity index (χ2n) is 6.35. The lowest BCUT2D eigenvalue weighted by atomic mass is 9.97. The molecule has 0 radical (unpaired) electrons. The number of rotatable bonds is 0. The number of aryl methyl sites for hydroxylation is 4. The molecular formula is C20H30N2. The minimum Gasteiger partial charge on any atom is -0.398 e. The first-order chi connectivity index (χ1) is 10.1. The van der Waals surface area contributed by atoms with Gasteiger partial charge in [-0.15, -0.1) is 0 Å². The van der Waals surface area contributed by atoms with Gasteiger partial charge in [0.1, 0.15) is 0 Å². The molecule has 0 atom stereocenters. The molecule has 0 amide bonds. The van der Waals surface area contributed by atoms with Gasteiger partial charge in [-0.05, 0) is 99.9 Å². The summed E-state index contributed by atoms with van der Waals surface area (Å²) in [6, 6.07) is 4.48. The zero-order valence-electron chi connectivity index (χ0n) is 15.3. The highest BCUT2D eigenvalue weighted by Crippen LogP contribution is 2.29. The standard InChI is InChI=1S/C10H16N2.C10H14/c1-5-6(2)10(12)8(4)7(3)9(5)11;1-7-5-9(3)10(4)6-8(7)2/h11-12H2,1-4H3;5-6H,1-4H3. The number of nitrogen functional groups attached to an aromatic ring is 2. The van der Waals surface area contributed by atoms with Crippen LogP contribution in [0.15, 0.2) is 12.1 Å². The Bertz CT molecular complexity index is 542.